The summed E-state index contributed by atoms with van der Waals surface area (Å²) >= 11 is 0. The van der Waals surface area contributed by atoms with Crippen molar-refractivity contribution in [3.8, 4) is 0 Å². The fourth-order valence-electron chi connectivity index (χ4n) is 2.90. The lowest BCUT2D eigenvalue weighted by Gasteiger charge is -2.22. The lowest BCUT2D eigenvalue weighted by Crippen LogP contribution is -2.24. The summed E-state index contributed by atoms with van der Waals surface area (Å²) in [4.78, 5) is 4.23. The van der Waals surface area contributed by atoms with Crippen LogP contribution < -0.4 is 10.6 Å². The van der Waals surface area contributed by atoms with E-state index < -0.39 is 0 Å². The summed E-state index contributed by atoms with van der Waals surface area (Å²) in [5.41, 5.74) is 1.18. The molecule has 3 atom stereocenters. The SMILES string of the molecule is CCC1CCC(Nc2ccnc(NC)c2)C1C. The van der Waals surface area contributed by atoms with Crippen molar-refractivity contribution in [1.29, 1.82) is 0 Å². The third-order valence-electron chi connectivity index (χ3n) is 4.12. The molecule has 1 heterocycles. The number of hydrogen-bond acceptors (Lipinski definition) is 3. The van der Waals surface area contributed by atoms with Crippen LogP contribution in [0.1, 0.15) is 33.1 Å². The molecule has 0 saturated heterocycles. The van der Waals surface area contributed by atoms with Crippen molar-refractivity contribution in [1.82, 2.24) is 4.98 Å². The van der Waals surface area contributed by atoms with Gasteiger partial charge in [-0.1, -0.05) is 20.3 Å². The molecular weight excluding hydrogens is 210 g/mol. The van der Waals surface area contributed by atoms with E-state index in [-0.39, 0.29) is 0 Å². The van der Waals surface area contributed by atoms with Crippen LogP contribution in [-0.4, -0.2) is 18.1 Å². The first-order valence-corrected chi connectivity index (χ1v) is 6.65. The first kappa shape index (κ1) is 12.2. The highest BCUT2D eigenvalue weighted by Crippen LogP contribution is 2.35. The minimum Gasteiger partial charge on any atom is -0.382 e. The van der Waals surface area contributed by atoms with Gasteiger partial charge in [-0.05, 0) is 30.7 Å². The number of anilines is 2. The van der Waals surface area contributed by atoms with Gasteiger partial charge in [0.15, 0.2) is 0 Å². The molecule has 0 bridgehead atoms. The van der Waals surface area contributed by atoms with Gasteiger partial charge in [0.2, 0.25) is 0 Å². The first-order chi connectivity index (χ1) is 8.24. The Balaban J connectivity index is 2.01. The van der Waals surface area contributed by atoms with Crippen LogP contribution in [0.3, 0.4) is 0 Å². The molecule has 3 unspecified atom stereocenters. The summed E-state index contributed by atoms with van der Waals surface area (Å²) in [5, 5.41) is 6.72. The Bertz CT molecular complexity index is 364. The Kier molecular flexibility index (Phi) is 3.87. The van der Waals surface area contributed by atoms with Gasteiger partial charge in [-0.25, -0.2) is 4.98 Å². The van der Waals surface area contributed by atoms with Gasteiger partial charge >= 0.3 is 0 Å². The zero-order valence-corrected chi connectivity index (χ0v) is 11.0. The second kappa shape index (κ2) is 5.39. The molecule has 1 aromatic heterocycles. The number of aromatic nitrogens is 1. The molecule has 3 heteroatoms. The Morgan fingerprint density at radius 2 is 2.24 bits per heavy atom. The van der Waals surface area contributed by atoms with Gasteiger partial charge < -0.3 is 10.6 Å². The van der Waals surface area contributed by atoms with E-state index in [0.29, 0.717) is 6.04 Å². The van der Waals surface area contributed by atoms with Crippen LogP contribution in [0, 0.1) is 11.8 Å². The van der Waals surface area contributed by atoms with Crippen LogP contribution >= 0.6 is 0 Å². The second-order valence-corrected chi connectivity index (χ2v) is 5.04. The lowest BCUT2D eigenvalue weighted by atomic mass is 9.93. The zero-order valence-electron chi connectivity index (χ0n) is 11.0. The Labute approximate surface area is 104 Å². The van der Waals surface area contributed by atoms with Crippen molar-refractivity contribution in [2.24, 2.45) is 11.8 Å². The Hall–Kier alpha value is -1.25. The smallest absolute Gasteiger partial charge is 0.127 e. The summed E-state index contributed by atoms with van der Waals surface area (Å²) in [6.07, 6.45) is 5.80. The van der Waals surface area contributed by atoms with Gasteiger partial charge in [0.25, 0.3) is 0 Å². The average molecular weight is 233 g/mol. The molecule has 1 fully saturated rings. The molecule has 0 aliphatic heterocycles. The van der Waals surface area contributed by atoms with E-state index in [1.807, 2.05) is 19.3 Å². The maximum absolute atomic E-state index is 4.23. The molecule has 0 aromatic carbocycles. The number of nitrogens with zero attached hydrogens (tertiary/aromatic N) is 1. The minimum atomic E-state index is 0.618. The summed E-state index contributed by atoms with van der Waals surface area (Å²) in [6, 6.07) is 4.74. The molecular formula is C14H23N3. The van der Waals surface area contributed by atoms with Gasteiger partial charge in [-0.3, -0.25) is 0 Å². The maximum atomic E-state index is 4.23. The van der Waals surface area contributed by atoms with Crippen molar-refractivity contribution < 1.29 is 0 Å². The Morgan fingerprint density at radius 3 is 2.88 bits per heavy atom. The monoisotopic (exact) mass is 233 g/mol. The van der Waals surface area contributed by atoms with E-state index >= 15 is 0 Å². The zero-order chi connectivity index (χ0) is 12.3. The molecule has 2 N–H and O–H groups in total. The highest BCUT2D eigenvalue weighted by molar-refractivity contribution is 5.52. The van der Waals surface area contributed by atoms with E-state index in [4.69, 9.17) is 0 Å². The van der Waals surface area contributed by atoms with E-state index in [1.165, 1.54) is 24.9 Å². The third kappa shape index (κ3) is 2.71. The summed E-state index contributed by atoms with van der Waals surface area (Å²) in [7, 11) is 1.90. The quantitative estimate of drug-likeness (QED) is 0.837. The van der Waals surface area contributed by atoms with E-state index in [1.54, 1.807) is 0 Å². The van der Waals surface area contributed by atoms with E-state index in [2.05, 4.69) is 35.5 Å². The maximum Gasteiger partial charge on any atom is 0.127 e. The van der Waals surface area contributed by atoms with Crippen LogP contribution in [0.15, 0.2) is 18.3 Å². The largest absolute Gasteiger partial charge is 0.382 e. The average Bonchev–Trinajstić information content (AvgIpc) is 2.71. The van der Waals surface area contributed by atoms with Crippen molar-refractivity contribution >= 4 is 11.5 Å². The molecule has 1 aliphatic rings. The fraction of sp³-hybridized carbons (Fsp3) is 0.643. The second-order valence-electron chi connectivity index (χ2n) is 5.04. The van der Waals surface area contributed by atoms with Crippen molar-refractivity contribution in [2.75, 3.05) is 17.7 Å². The molecule has 0 radical (unpaired) electrons. The van der Waals surface area contributed by atoms with Crippen LogP contribution in [-0.2, 0) is 0 Å². The van der Waals surface area contributed by atoms with Crippen LogP contribution in [0.4, 0.5) is 11.5 Å². The van der Waals surface area contributed by atoms with Crippen molar-refractivity contribution in [3.63, 3.8) is 0 Å². The van der Waals surface area contributed by atoms with E-state index in [9.17, 15) is 0 Å². The van der Waals surface area contributed by atoms with Gasteiger partial charge in [0, 0.05) is 31.0 Å². The number of nitrogens with one attached hydrogen (secondary N) is 2. The summed E-state index contributed by atoms with van der Waals surface area (Å²) in [6.45, 7) is 4.67. The molecule has 0 spiro atoms. The molecule has 3 nitrogen and oxygen atoms in total. The van der Waals surface area contributed by atoms with Gasteiger partial charge in [-0.15, -0.1) is 0 Å². The molecule has 94 valence electrons. The highest BCUT2D eigenvalue weighted by Gasteiger charge is 2.31. The first-order valence-electron chi connectivity index (χ1n) is 6.65. The Morgan fingerprint density at radius 1 is 1.41 bits per heavy atom. The third-order valence-corrected chi connectivity index (χ3v) is 4.12. The standard InChI is InChI=1S/C14H23N3/c1-4-11-5-6-13(10(11)2)17-12-7-8-16-14(9-12)15-3/h7-11,13H,4-6H2,1-3H3,(H2,15,16,17). The molecule has 0 amide bonds. The van der Waals surface area contributed by atoms with Gasteiger partial charge in [0.1, 0.15) is 5.82 Å². The fourth-order valence-corrected chi connectivity index (χ4v) is 2.90. The predicted octanol–water partition coefficient (Wildman–Crippen LogP) is 3.36. The molecule has 1 aromatic rings. The van der Waals surface area contributed by atoms with Crippen molar-refractivity contribution in [2.45, 2.75) is 39.2 Å². The number of hydrogen-bond donors (Lipinski definition) is 2. The molecule has 17 heavy (non-hydrogen) atoms. The molecule has 1 saturated carbocycles. The molecule has 1 aliphatic carbocycles. The highest BCUT2D eigenvalue weighted by atomic mass is 15.0. The number of rotatable bonds is 4. The van der Waals surface area contributed by atoms with Crippen LogP contribution in [0.5, 0.6) is 0 Å². The topological polar surface area (TPSA) is 37.0 Å². The van der Waals surface area contributed by atoms with Gasteiger partial charge in [0.05, 0.1) is 0 Å². The predicted molar refractivity (Wildman–Crippen MR) is 73.4 cm³/mol. The lowest BCUT2D eigenvalue weighted by molar-refractivity contribution is 0.392. The van der Waals surface area contributed by atoms with Crippen LogP contribution in [0.2, 0.25) is 0 Å². The number of pyridine rings is 1. The normalized spacial score (nSPS) is 28.1. The minimum absolute atomic E-state index is 0.618. The van der Waals surface area contributed by atoms with Crippen molar-refractivity contribution in [3.05, 3.63) is 18.3 Å². The van der Waals surface area contributed by atoms with E-state index in [0.717, 1.165) is 17.7 Å². The van der Waals surface area contributed by atoms with Crippen LogP contribution in [0.25, 0.3) is 0 Å². The van der Waals surface area contributed by atoms with Gasteiger partial charge in [-0.2, -0.15) is 0 Å². The summed E-state index contributed by atoms with van der Waals surface area (Å²) < 4.78 is 0. The molecule has 2 rings (SSSR count). The summed E-state index contributed by atoms with van der Waals surface area (Å²) in [5.74, 6) is 2.58.